The third kappa shape index (κ3) is 4.03. The number of hydrogen-bond donors (Lipinski definition) is 2. The van der Waals surface area contributed by atoms with Crippen LogP contribution in [-0.4, -0.2) is 29.2 Å². The van der Waals surface area contributed by atoms with Crippen molar-refractivity contribution in [3.05, 3.63) is 78.4 Å². The lowest BCUT2D eigenvalue weighted by Gasteiger charge is -2.05. The molecule has 0 aliphatic rings. The number of nitrogens with zero attached hydrogens (tertiary/aromatic N) is 1. The second kappa shape index (κ2) is 8.21. The van der Waals surface area contributed by atoms with Gasteiger partial charge in [-0.25, -0.2) is 4.98 Å². The fourth-order valence-corrected chi connectivity index (χ4v) is 3.77. The molecule has 5 nitrogen and oxygen atoms in total. The summed E-state index contributed by atoms with van der Waals surface area (Å²) in [4.78, 5) is 16.9. The lowest BCUT2D eigenvalue weighted by molar-refractivity contribution is 0.102. The summed E-state index contributed by atoms with van der Waals surface area (Å²) in [5.41, 5.74) is 3.24. The van der Waals surface area contributed by atoms with Gasteiger partial charge in [-0.05, 0) is 54.6 Å². The van der Waals surface area contributed by atoms with Crippen LogP contribution < -0.4 is 10.1 Å². The standard InChI is InChI=1S/C22H18N2O3S/c25-12-13-27-18-10-11-19-20(14-18)28-22(24-19)16-6-8-17(9-7-16)23-21(26)15-4-2-1-3-5-15/h1-11,14,25H,12-13H2,(H,23,26). The Morgan fingerprint density at radius 1 is 1.04 bits per heavy atom. The molecule has 1 heterocycles. The van der Waals surface area contributed by atoms with Gasteiger partial charge >= 0.3 is 0 Å². The molecular formula is C22H18N2O3S. The third-order valence-corrected chi connectivity index (χ3v) is 5.21. The van der Waals surface area contributed by atoms with E-state index < -0.39 is 0 Å². The van der Waals surface area contributed by atoms with E-state index in [1.165, 1.54) is 0 Å². The van der Waals surface area contributed by atoms with Gasteiger partial charge in [-0.1, -0.05) is 18.2 Å². The molecule has 4 aromatic rings. The highest BCUT2D eigenvalue weighted by atomic mass is 32.1. The molecule has 0 radical (unpaired) electrons. The molecule has 4 rings (SSSR count). The molecule has 0 aliphatic heterocycles. The van der Waals surface area contributed by atoms with Crippen LogP contribution in [0.15, 0.2) is 72.8 Å². The van der Waals surface area contributed by atoms with Gasteiger partial charge in [0.05, 0.1) is 16.8 Å². The first-order valence-electron chi connectivity index (χ1n) is 8.84. The third-order valence-electron chi connectivity index (χ3n) is 4.15. The number of aliphatic hydroxyl groups excluding tert-OH is 1. The minimum absolute atomic E-state index is 0.0147. The Bertz CT molecular complexity index is 1090. The van der Waals surface area contributed by atoms with Crippen molar-refractivity contribution in [2.24, 2.45) is 0 Å². The summed E-state index contributed by atoms with van der Waals surface area (Å²) in [6.07, 6.45) is 0. The van der Waals surface area contributed by atoms with Crippen LogP contribution in [0.3, 0.4) is 0 Å². The summed E-state index contributed by atoms with van der Waals surface area (Å²) in [6.45, 7) is 0.256. The van der Waals surface area contributed by atoms with Gasteiger partial charge in [-0.3, -0.25) is 4.79 Å². The first-order chi connectivity index (χ1) is 13.7. The Balaban J connectivity index is 1.51. The maximum absolute atomic E-state index is 12.2. The number of aromatic nitrogens is 1. The molecule has 0 atom stereocenters. The molecule has 0 fully saturated rings. The maximum atomic E-state index is 12.2. The number of hydrogen-bond acceptors (Lipinski definition) is 5. The molecule has 2 N–H and O–H groups in total. The summed E-state index contributed by atoms with van der Waals surface area (Å²) in [6, 6.07) is 22.5. The van der Waals surface area contributed by atoms with Gasteiger partial charge in [0, 0.05) is 16.8 Å². The van der Waals surface area contributed by atoms with Crippen molar-refractivity contribution in [3.8, 4) is 16.3 Å². The highest BCUT2D eigenvalue weighted by Gasteiger charge is 2.09. The zero-order valence-corrected chi connectivity index (χ0v) is 15.8. The van der Waals surface area contributed by atoms with Crippen molar-refractivity contribution < 1.29 is 14.6 Å². The Labute approximate surface area is 166 Å². The quantitative estimate of drug-likeness (QED) is 0.505. The van der Waals surface area contributed by atoms with Crippen molar-refractivity contribution in [3.63, 3.8) is 0 Å². The van der Waals surface area contributed by atoms with E-state index in [-0.39, 0.29) is 19.1 Å². The van der Waals surface area contributed by atoms with E-state index in [0.717, 1.165) is 32.2 Å². The highest BCUT2D eigenvalue weighted by molar-refractivity contribution is 7.21. The number of nitrogens with one attached hydrogen (secondary N) is 1. The van der Waals surface area contributed by atoms with E-state index >= 15 is 0 Å². The topological polar surface area (TPSA) is 71.5 Å². The van der Waals surface area contributed by atoms with Crippen LogP contribution in [0.25, 0.3) is 20.8 Å². The lowest BCUT2D eigenvalue weighted by Crippen LogP contribution is -2.11. The number of rotatable bonds is 6. The molecule has 6 heteroatoms. The van der Waals surface area contributed by atoms with Crippen molar-refractivity contribution in [1.29, 1.82) is 0 Å². The summed E-state index contributed by atoms with van der Waals surface area (Å²) in [7, 11) is 0. The van der Waals surface area contributed by atoms with Crippen LogP contribution >= 0.6 is 11.3 Å². The molecule has 0 spiro atoms. The predicted octanol–water partition coefficient (Wildman–Crippen LogP) is 4.59. The molecule has 3 aromatic carbocycles. The van der Waals surface area contributed by atoms with Gasteiger partial charge in [0.2, 0.25) is 0 Å². The smallest absolute Gasteiger partial charge is 0.255 e. The number of aliphatic hydroxyl groups is 1. The minimum atomic E-state index is -0.135. The van der Waals surface area contributed by atoms with E-state index in [0.29, 0.717) is 5.56 Å². The molecule has 0 saturated carbocycles. The van der Waals surface area contributed by atoms with E-state index in [1.54, 1.807) is 23.5 Å². The molecule has 0 saturated heterocycles. The van der Waals surface area contributed by atoms with Crippen molar-refractivity contribution in [2.45, 2.75) is 0 Å². The Hall–Kier alpha value is -3.22. The summed E-state index contributed by atoms with van der Waals surface area (Å²) >= 11 is 1.57. The molecular weight excluding hydrogens is 372 g/mol. The molecule has 1 aromatic heterocycles. The van der Waals surface area contributed by atoms with Gasteiger partial charge in [0.1, 0.15) is 17.4 Å². The number of benzene rings is 3. The fourth-order valence-electron chi connectivity index (χ4n) is 2.77. The molecule has 0 bridgehead atoms. The molecule has 140 valence electrons. The van der Waals surface area contributed by atoms with Crippen molar-refractivity contribution in [2.75, 3.05) is 18.5 Å². The Morgan fingerprint density at radius 3 is 2.57 bits per heavy atom. The largest absolute Gasteiger partial charge is 0.491 e. The van der Waals surface area contributed by atoms with Crippen LogP contribution in [0, 0.1) is 0 Å². The highest BCUT2D eigenvalue weighted by Crippen LogP contribution is 2.32. The van der Waals surface area contributed by atoms with Gasteiger partial charge in [0.15, 0.2) is 0 Å². The number of carbonyl (C=O) groups is 1. The van der Waals surface area contributed by atoms with Crippen molar-refractivity contribution in [1.82, 2.24) is 4.98 Å². The number of anilines is 1. The SMILES string of the molecule is O=C(Nc1ccc(-c2nc3ccc(OCCO)cc3s2)cc1)c1ccccc1. The minimum Gasteiger partial charge on any atom is -0.491 e. The molecule has 28 heavy (non-hydrogen) atoms. The number of fused-ring (bicyclic) bond motifs is 1. The zero-order valence-electron chi connectivity index (χ0n) is 15.0. The second-order valence-corrected chi connectivity index (χ2v) is 7.15. The average Bonchev–Trinajstić information content (AvgIpc) is 3.17. The summed E-state index contributed by atoms with van der Waals surface area (Å²) in [5.74, 6) is 0.583. The van der Waals surface area contributed by atoms with E-state index in [1.807, 2.05) is 60.7 Å². The van der Waals surface area contributed by atoms with Crippen LogP contribution in [0.2, 0.25) is 0 Å². The molecule has 0 aliphatic carbocycles. The zero-order chi connectivity index (χ0) is 19.3. The van der Waals surface area contributed by atoms with E-state index in [2.05, 4.69) is 10.3 Å². The average molecular weight is 390 g/mol. The first-order valence-corrected chi connectivity index (χ1v) is 9.66. The van der Waals surface area contributed by atoms with Gasteiger partial charge in [-0.15, -0.1) is 11.3 Å². The predicted molar refractivity (Wildman–Crippen MR) is 112 cm³/mol. The van der Waals surface area contributed by atoms with Gasteiger partial charge < -0.3 is 15.2 Å². The monoisotopic (exact) mass is 390 g/mol. The fraction of sp³-hybridized carbons (Fsp3) is 0.0909. The normalized spacial score (nSPS) is 10.8. The van der Waals surface area contributed by atoms with Crippen LogP contribution in [0.4, 0.5) is 5.69 Å². The van der Waals surface area contributed by atoms with Crippen molar-refractivity contribution >= 4 is 33.1 Å². The number of thiazole rings is 1. The summed E-state index contributed by atoms with van der Waals surface area (Å²) in [5, 5.41) is 12.7. The molecule has 1 amide bonds. The number of ether oxygens (including phenoxy) is 1. The van der Waals surface area contributed by atoms with Crippen LogP contribution in [-0.2, 0) is 0 Å². The lowest BCUT2D eigenvalue weighted by atomic mass is 10.2. The first kappa shape index (κ1) is 18.2. The number of amides is 1. The van der Waals surface area contributed by atoms with Gasteiger partial charge in [-0.2, -0.15) is 0 Å². The van der Waals surface area contributed by atoms with Crippen LogP contribution in [0.5, 0.6) is 5.75 Å². The molecule has 0 unspecified atom stereocenters. The maximum Gasteiger partial charge on any atom is 0.255 e. The van der Waals surface area contributed by atoms with Crippen LogP contribution in [0.1, 0.15) is 10.4 Å². The number of carbonyl (C=O) groups excluding carboxylic acids is 1. The Morgan fingerprint density at radius 2 is 1.82 bits per heavy atom. The van der Waals surface area contributed by atoms with Gasteiger partial charge in [0.25, 0.3) is 5.91 Å². The van der Waals surface area contributed by atoms with E-state index in [4.69, 9.17) is 9.84 Å². The Kier molecular flexibility index (Phi) is 5.32. The second-order valence-electron chi connectivity index (χ2n) is 6.12. The summed E-state index contributed by atoms with van der Waals surface area (Å²) < 4.78 is 6.48. The van der Waals surface area contributed by atoms with E-state index in [9.17, 15) is 4.79 Å².